The third-order valence-corrected chi connectivity index (χ3v) is 6.13. The molecule has 1 aliphatic rings. The fraction of sp³-hybridized carbons (Fsp3) is 0.409. The Morgan fingerprint density at radius 2 is 1.88 bits per heavy atom. The maximum absolute atomic E-state index is 12.4. The lowest BCUT2D eigenvalue weighted by Crippen LogP contribution is -2.50. The molecule has 0 saturated carbocycles. The summed E-state index contributed by atoms with van der Waals surface area (Å²) in [5, 5.41) is 51.6. The monoisotopic (exact) mass is 484 g/mol. The lowest BCUT2D eigenvalue weighted by atomic mass is 9.84. The molecule has 0 bridgehead atoms. The Bertz CT molecular complexity index is 975. The molecule has 0 saturated heterocycles. The number of hydrogen-bond donors (Lipinski definition) is 6. The van der Waals surface area contributed by atoms with E-state index in [1.807, 2.05) is 19.2 Å². The van der Waals surface area contributed by atoms with Crippen LogP contribution in [-0.4, -0.2) is 81.0 Å². The van der Waals surface area contributed by atoms with Crippen LogP contribution in [-0.2, 0) is 11.3 Å². The largest absolute Gasteiger partial charge is 0.394 e. The fourth-order valence-corrected chi connectivity index (χ4v) is 4.43. The molecule has 5 atom stereocenters. The number of aliphatic hydroxyl groups excluding tert-OH is 5. The van der Waals surface area contributed by atoms with Crippen molar-refractivity contribution >= 4 is 34.8 Å². The number of anilines is 1. The molecule has 2 aromatic rings. The SMILES string of the molecule is CN1Cc2c(Cl)cc(Cl)cc2C(c2cccc(NC(=O)C(O)C(O)C(O)C(O)CO)c2)C1. The van der Waals surface area contributed by atoms with E-state index in [9.17, 15) is 25.2 Å². The summed E-state index contributed by atoms with van der Waals surface area (Å²) in [4.78, 5) is 14.5. The molecule has 0 aliphatic carbocycles. The van der Waals surface area contributed by atoms with Crippen LogP contribution in [0.3, 0.4) is 0 Å². The second-order valence-corrected chi connectivity index (χ2v) is 8.84. The van der Waals surface area contributed by atoms with Gasteiger partial charge in [0.2, 0.25) is 0 Å². The average molecular weight is 485 g/mol. The van der Waals surface area contributed by atoms with Gasteiger partial charge in [0.1, 0.15) is 18.3 Å². The van der Waals surface area contributed by atoms with Gasteiger partial charge in [-0.1, -0.05) is 35.3 Å². The highest BCUT2D eigenvalue weighted by Gasteiger charge is 2.34. The number of hydrogen-bond acceptors (Lipinski definition) is 7. The van der Waals surface area contributed by atoms with Gasteiger partial charge in [0, 0.05) is 34.7 Å². The number of aliphatic hydroxyl groups is 5. The summed E-state index contributed by atoms with van der Waals surface area (Å²) in [5.41, 5.74) is 3.25. The molecule has 5 unspecified atom stereocenters. The zero-order valence-electron chi connectivity index (χ0n) is 17.3. The van der Waals surface area contributed by atoms with E-state index in [2.05, 4.69) is 10.2 Å². The van der Waals surface area contributed by atoms with Crippen molar-refractivity contribution in [2.75, 3.05) is 25.5 Å². The van der Waals surface area contributed by atoms with E-state index in [1.54, 1.807) is 24.3 Å². The van der Waals surface area contributed by atoms with Crippen molar-refractivity contribution in [2.24, 2.45) is 0 Å². The first-order valence-electron chi connectivity index (χ1n) is 10.0. The van der Waals surface area contributed by atoms with Crippen molar-refractivity contribution < 1.29 is 30.3 Å². The Morgan fingerprint density at radius 3 is 2.56 bits per heavy atom. The van der Waals surface area contributed by atoms with Gasteiger partial charge in [-0.3, -0.25) is 4.79 Å². The molecule has 32 heavy (non-hydrogen) atoms. The quantitative estimate of drug-likeness (QED) is 0.344. The minimum absolute atomic E-state index is 0.0613. The van der Waals surface area contributed by atoms with E-state index in [1.165, 1.54) is 0 Å². The number of rotatable bonds is 7. The lowest BCUT2D eigenvalue weighted by molar-refractivity contribution is -0.144. The highest BCUT2D eigenvalue weighted by molar-refractivity contribution is 6.35. The molecule has 0 fully saturated rings. The van der Waals surface area contributed by atoms with E-state index in [4.69, 9.17) is 28.3 Å². The molecule has 6 N–H and O–H groups in total. The predicted octanol–water partition coefficient (Wildman–Crippen LogP) is 0.945. The average Bonchev–Trinajstić information content (AvgIpc) is 2.77. The second kappa shape index (κ2) is 10.5. The standard InChI is InChI=1S/C22H26Cl2N2O6/c1-26-8-15(14-6-12(23)7-17(24)16(14)9-26)11-3-2-4-13(5-11)25-22(32)21(31)20(30)19(29)18(28)10-27/h2-7,15,18-21,27-31H,8-10H2,1H3,(H,25,32). The summed E-state index contributed by atoms with van der Waals surface area (Å²) in [6.45, 7) is 0.554. The van der Waals surface area contributed by atoms with Crippen LogP contribution in [0.25, 0.3) is 0 Å². The number of carbonyl (C=O) groups is 1. The number of nitrogens with one attached hydrogen (secondary N) is 1. The van der Waals surface area contributed by atoms with Gasteiger partial charge in [-0.2, -0.15) is 0 Å². The first-order valence-corrected chi connectivity index (χ1v) is 10.8. The molecule has 174 valence electrons. The van der Waals surface area contributed by atoms with Crippen molar-refractivity contribution in [3.63, 3.8) is 0 Å². The maximum atomic E-state index is 12.4. The molecule has 1 heterocycles. The first kappa shape index (κ1) is 24.9. The Labute approximate surface area is 195 Å². The minimum atomic E-state index is -2.02. The molecule has 1 aliphatic heterocycles. The first-order chi connectivity index (χ1) is 15.1. The summed E-state index contributed by atoms with van der Waals surface area (Å²) < 4.78 is 0. The van der Waals surface area contributed by atoms with Gasteiger partial charge in [-0.15, -0.1) is 0 Å². The van der Waals surface area contributed by atoms with Gasteiger partial charge in [0.25, 0.3) is 5.91 Å². The van der Waals surface area contributed by atoms with E-state index in [0.29, 0.717) is 28.8 Å². The lowest BCUT2D eigenvalue weighted by Gasteiger charge is -2.33. The number of nitrogens with zero attached hydrogens (tertiary/aromatic N) is 1. The zero-order valence-corrected chi connectivity index (χ0v) is 18.8. The number of carbonyl (C=O) groups excluding carboxylic acids is 1. The third-order valence-electron chi connectivity index (χ3n) is 5.57. The number of halogens is 2. The van der Waals surface area contributed by atoms with Gasteiger partial charge < -0.3 is 35.7 Å². The minimum Gasteiger partial charge on any atom is -0.394 e. The van der Waals surface area contributed by atoms with Crippen LogP contribution in [0.1, 0.15) is 22.6 Å². The summed E-state index contributed by atoms with van der Waals surface area (Å²) in [6.07, 6.45) is -7.59. The summed E-state index contributed by atoms with van der Waals surface area (Å²) in [7, 11) is 1.98. The van der Waals surface area contributed by atoms with Crippen LogP contribution >= 0.6 is 23.2 Å². The molecule has 8 nitrogen and oxygen atoms in total. The van der Waals surface area contributed by atoms with Gasteiger partial charge in [0.05, 0.1) is 6.61 Å². The van der Waals surface area contributed by atoms with Crippen molar-refractivity contribution in [3.8, 4) is 0 Å². The molecule has 0 radical (unpaired) electrons. The van der Waals surface area contributed by atoms with Crippen molar-refractivity contribution in [1.82, 2.24) is 4.90 Å². The molecule has 0 aromatic heterocycles. The van der Waals surface area contributed by atoms with Gasteiger partial charge in [-0.25, -0.2) is 0 Å². The van der Waals surface area contributed by atoms with E-state index >= 15 is 0 Å². The molecular formula is C22H26Cl2N2O6. The van der Waals surface area contributed by atoms with Gasteiger partial charge >= 0.3 is 0 Å². The van der Waals surface area contributed by atoms with Crippen LogP contribution in [0, 0.1) is 0 Å². The van der Waals surface area contributed by atoms with Crippen molar-refractivity contribution in [2.45, 2.75) is 36.9 Å². The molecule has 2 aromatic carbocycles. The number of likely N-dealkylation sites (N-methyl/N-ethyl adjacent to an activating group) is 1. The predicted molar refractivity (Wildman–Crippen MR) is 121 cm³/mol. The number of fused-ring (bicyclic) bond motifs is 1. The third kappa shape index (κ3) is 5.41. The van der Waals surface area contributed by atoms with E-state index in [0.717, 1.165) is 16.7 Å². The molecule has 10 heteroatoms. The molecule has 3 rings (SSSR count). The Hall–Kier alpha value is -1.75. The van der Waals surface area contributed by atoms with Crippen molar-refractivity contribution in [1.29, 1.82) is 0 Å². The maximum Gasteiger partial charge on any atom is 0.256 e. The smallest absolute Gasteiger partial charge is 0.256 e. The number of benzene rings is 2. The Kier molecular flexibility index (Phi) is 8.13. The van der Waals surface area contributed by atoms with Crippen LogP contribution in [0.15, 0.2) is 36.4 Å². The van der Waals surface area contributed by atoms with E-state index < -0.39 is 36.9 Å². The van der Waals surface area contributed by atoms with Crippen LogP contribution in [0.2, 0.25) is 10.0 Å². The summed E-state index contributed by atoms with van der Waals surface area (Å²) in [6, 6.07) is 10.6. The normalized spacial score (nSPS) is 20.2. The Balaban J connectivity index is 1.82. The highest BCUT2D eigenvalue weighted by atomic mass is 35.5. The summed E-state index contributed by atoms with van der Waals surface area (Å²) in [5.74, 6) is -1.03. The topological polar surface area (TPSA) is 133 Å². The zero-order chi connectivity index (χ0) is 23.6. The highest BCUT2D eigenvalue weighted by Crippen LogP contribution is 2.38. The van der Waals surface area contributed by atoms with Crippen LogP contribution < -0.4 is 5.32 Å². The second-order valence-electron chi connectivity index (χ2n) is 8.00. The number of amides is 1. The molecular weight excluding hydrogens is 459 g/mol. The van der Waals surface area contributed by atoms with E-state index in [-0.39, 0.29) is 5.92 Å². The van der Waals surface area contributed by atoms with Gasteiger partial charge in [0.15, 0.2) is 6.10 Å². The van der Waals surface area contributed by atoms with Crippen LogP contribution in [0.5, 0.6) is 0 Å². The van der Waals surface area contributed by atoms with Crippen LogP contribution in [0.4, 0.5) is 5.69 Å². The molecule has 1 amide bonds. The Morgan fingerprint density at radius 1 is 1.16 bits per heavy atom. The fourth-order valence-electron chi connectivity index (χ4n) is 3.86. The van der Waals surface area contributed by atoms with Gasteiger partial charge in [-0.05, 0) is 48.0 Å². The molecule has 0 spiro atoms. The summed E-state index contributed by atoms with van der Waals surface area (Å²) >= 11 is 12.6. The van der Waals surface area contributed by atoms with Crippen molar-refractivity contribution in [3.05, 3.63) is 63.1 Å².